The first-order chi connectivity index (χ1) is 12.9. The average Bonchev–Trinajstić information content (AvgIpc) is 2.92. The zero-order valence-corrected chi connectivity index (χ0v) is 16.2. The molecule has 11 nitrogen and oxygen atoms in total. The van der Waals surface area contributed by atoms with E-state index < -0.39 is 23.0 Å². The highest BCUT2D eigenvalue weighted by Crippen LogP contribution is 2.28. The first kappa shape index (κ1) is 20.5. The minimum Gasteiger partial charge on any atom is -0.492 e. The van der Waals surface area contributed by atoms with Crippen LogP contribution in [0.3, 0.4) is 0 Å². The summed E-state index contributed by atoms with van der Waals surface area (Å²) in [5, 5.41) is 3.73. The second-order valence-corrected chi connectivity index (χ2v) is 6.02. The molecule has 2 rings (SSSR count). The first-order valence-corrected chi connectivity index (χ1v) is 9.13. The van der Waals surface area contributed by atoms with E-state index in [1.54, 1.807) is 32.0 Å². The van der Waals surface area contributed by atoms with Gasteiger partial charge in [-0.3, -0.25) is 4.72 Å². The molecule has 0 saturated heterocycles. The Morgan fingerprint density at radius 3 is 2.63 bits per heavy atom. The SMILES string of the molecule is CCOc1cccc(C)c1NS(=O)ONC(=O)n1nc(OCC)n(C)c1=O. The molecule has 1 heterocycles. The maximum Gasteiger partial charge on any atom is 0.371 e. The number of anilines is 1. The summed E-state index contributed by atoms with van der Waals surface area (Å²) in [4.78, 5) is 24.0. The molecule has 1 amide bonds. The minimum absolute atomic E-state index is 0.0295. The van der Waals surface area contributed by atoms with Crippen LogP contribution in [0, 0.1) is 6.92 Å². The molecular formula is C15H21N5O6S. The fraction of sp³-hybridized carbons (Fsp3) is 0.400. The Balaban J connectivity index is 2.03. The molecule has 0 spiro atoms. The van der Waals surface area contributed by atoms with Crippen molar-refractivity contribution in [2.24, 2.45) is 7.05 Å². The Bertz CT molecular complexity index is 893. The van der Waals surface area contributed by atoms with Crippen molar-refractivity contribution in [1.82, 2.24) is 19.8 Å². The Labute approximate surface area is 158 Å². The monoisotopic (exact) mass is 399 g/mol. The van der Waals surface area contributed by atoms with Gasteiger partial charge in [0.2, 0.25) is 0 Å². The van der Waals surface area contributed by atoms with Gasteiger partial charge < -0.3 is 9.47 Å². The molecule has 0 aliphatic carbocycles. The van der Waals surface area contributed by atoms with Crippen molar-refractivity contribution >= 4 is 23.0 Å². The van der Waals surface area contributed by atoms with Gasteiger partial charge in [-0.05, 0) is 32.4 Å². The van der Waals surface area contributed by atoms with Gasteiger partial charge in [0.15, 0.2) is 0 Å². The zero-order valence-electron chi connectivity index (χ0n) is 15.3. The molecule has 0 aliphatic heterocycles. The van der Waals surface area contributed by atoms with Crippen molar-refractivity contribution in [3.05, 3.63) is 34.2 Å². The standard InChI is InChI=1S/C15H21N5O6S/c1-5-24-11-9-7-8-10(3)12(11)18-27(23)26-17-13(21)20-15(22)19(4)14(16-20)25-6-2/h7-9,18H,5-6H2,1-4H3,(H,17,21). The highest BCUT2D eigenvalue weighted by molar-refractivity contribution is 7.81. The number of hydrogen-bond acceptors (Lipinski definition) is 7. The second kappa shape index (κ2) is 9.19. The molecule has 0 aliphatic rings. The van der Waals surface area contributed by atoms with E-state index >= 15 is 0 Å². The van der Waals surface area contributed by atoms with Crippen LogP contribution >= 0.6 is 0 Å². The summed E-state index contributed by atoms with van der Waals surface area (Å²) >= 11 is -2.14. The quantitative estimate of drug-likeness (QED) is 0.631. The summed E-state index contributed by atoms with van der Waals surface area (Å²) in [5.41, 5.74) is 2.39. The second-order valence-electron chi connectivity index (χ2n) is 5.18. The Morgan fingerprint density at radius 2 is 1.96 bits per heavy atom. The minimum atomic E-state index is -2.14. The van der Waals surface area contributed by atoms with Crippen LogP contribution in [-0.2, 0) is 22.6 Å². The van der Waals surface area contributed by atoms with Gasteiger partial charge in [0.1, 0.15) is 5.75 Å². The van der Waals surface area contributed by atoms with Gasteiger partial charge in [0, 0.05) is 7.05 Å². The third-order valence-electron chi connectivity index (χ3n) is 3.33. The van der Waals surface area contributed by atoms with E-state index in [1.807, 2.05) is 12.4 Å². The van der Waals surface area contributed by atoms with Gasteiger partial charge in [-0.15, -0.1) is 9.78 Å². The highest BCUT2D eigenvalue weighted by atomic mass is 32.2. The molecule has 12 heteroatoms. The summed E-state index contributed by atoms with van der Waals surface area (Å²) < 4.78 is 31.6. The Hall–Kier alpha value is -2.86. The average molecular weight is 399 g/mol. The molecule has 1 aromatic carbocycles. The molecular weight excluding hydrogens is 378 g/mol. The summed E-state index contributed by atoms with van der Waals surface area (Å²) in [5.74, 6) is 0.489. The third kappa shape index (κ3) is 4.86. The smallest absolute Gasteiger partial charge is 0.371 e. The number of benzene rings is 1. The number of hydrogen-bond donors (Lipinski definition) is 2. The van der Waals surface area contributed by atoms with Crippen molar-refractivity contribution < 1.29 is 22.8 Å². The number of nitrogens with zero attached hydrogens (tertiary/aromatic N) is 3. The third-order valence-corrected chi connectivity index (χ3v) is 3.94. The van der Waals surface area contributed by atoms with Crippen molar-refractivity contribution in [1.29, 1.82) is 0 Å². The van der Waals surface area contributed by atoms with E-state index in [4.69, 9.17) is 13.8 Å². The maximum atomic E-state index is 12.1. The number of amides is 1. The lowest BCUT2D eigenvalue weighted by Gasteiger charge is -2.13. The van der Waals surface area contributed by atoms with Gasteiger partial charge in [-0.25, -0.2) is 18.4 Å². The van der Waals surface area contributed by atoms with Crippen molar-refractivity contribution in [3.63, 3.8) is 0 Å². The molecule has 0 fully saturated rings. The van der Waals surface area contributed by atoms with Gasteiger partial charge >= 0.3 is 17.7 Å². The fourth-order valence-corrected chi connectivity index (χ4v) is 2.69. The topological polar surface area (TPSA) is 126 Å². The van der Waals surface area contributed by atoms with E-state index in [2.05, 4.69) is 9.82 Å². The van der Waals surface area contributed by atoms with Crippen molar-refractivity contribution in [2.45, 2.75) is 20.8 Å². The summed E-state index contributed by atoms with van der Waals surface area (Å²) in [6.07, 6.45) is 0. The zero-order chi connectivity index (χ0) is 20.0. The number of para-hydroxylation sites is 1. The first-order valence-electron chi connectivity index (χ1n) is 8.06. The lowest BCUT2D eigenvalue weighted by molar-refractivity contribution is 0.187. The number of nitrogens with one attached hydrogen (secondary N) is 2. The van der Waals surface area contributed by atoms with E-state index in [0.717, 1.165) is 10.1 Å². The number of rotatable bonds is 8. The number of carbonyl (C=O) groups excluding carboxylic acids is 1. The number of carbonyl (C=O) groups is 1. The van der Waals surface area contributed by atoms with Gasteiger partial charge in [0.25, 0.3) is 11.3 Å². The maximum absolute atomic E-state index is 12.1. The molecule has 0 radical (unpaired) electrons. The van der Waals surface area contributed by atoms with Crippen molar-refractivity contribution in [2.75, 3.05) is 17.9 Å². The number of aromatic nitrogens is 3. The predicted molar refractivity (Wildman–Crippen MR) is 97.8 cm³/mol. The van der Waals surface area contributed by atoms with Crippen LogP contribution in [-0.4, -0.2) is 37.8 Å². The van der Waals surface area contributed by atoms with Gasteiger partial charge in [0.05, 0.1) is 18.9 Å². The molecule has 2 aromatic rings. The molecule has 1 unspecified atom stereocenters. The van der Waals surface area contributed by atoms with Gasteiger partial charge in [-0.1, -0.05) is 12.1 Å². The van der Waals surface area contributed by atoms with Crippen LogP contribution in [0.1, 0.15) is 19.4 Å². The molecule has 1 aromatic heterocycles. The normalized spacial score (nSPS) is 11.7. The van der Waals surface area contributed by atoms with E-state index in [9.17, 15) is 13.8 Å². The lowest BCUT2D eigenvalue weighted by atomic mass is 10.2. The van der Waals surface area contributed by atoms with E-state index in [1.165, 1.54) is 7.05 Å². The molecule has 0 saturated carbocycles. The van der Waals surface area contributed by atoms with Crippen LogP contribution in [0.25, 0.3) is 0 Å². The number of hydroxylamine groups is 1. The van der Waals surface area contributed by atoms with E-state index in [0.29, 0.717) is 22.7 Å². The molecule has 148 valence electrons. The highest BCUT2D eigenvalue weighted by Gasteiger charge is 2.18. The summed E-state index contributed by atoms with van der Waals surface area (Å²) in [6.45, 7) is 6.02. The van der Waals surface area contributed by atoms with Crippen molar-refractivity contribution in [3.8, 4) is 11.8 Å². The fourth-order valence-electron chi connectivity index (χ4n) is 2.07. The Kier molecular flexibility index (Phi) is 6.96. The Morgan fingerprint density at radius 1 is 1.26 bits per heavy atom. The molecule has 27 heavy (non-hydrogen) atoms. The van der Waals surface area contributed by atoms with Crippen LogP contribution in [0.2, 0.25) is 0 Å². The van der Waals surface area contributed by atoms with Crippen LogP contribution in [0.4, 0.5) is 10.5 Å². The molecule has 2 N–H and O–H groups in total. The molecule has 0 bridgehead atoms. The van der Waals surface area contributed by atoms with Crippen LogP contribution in [0.15, 0.2) is 23.0 Å². The lowest BCUT2D eigenvalue weighted by Crippen LogP contribution is -2.38. The van der Waals surface area contributed by atoms with Crippen LogP contribution < -0.4 is 25.4 Å². The summed E-state index contributed by atoms with van der Waals surface area (Å²) in [7, 11) is 1.40. The predicted octanol–water partition coefficient (Wildman–Crippen LogP) is 0.868. The van der Waals surface area contributed by atoms with E-state index in [-0.39, 0.29) is 12.6 Å². The van der Waals surface area contributed by atoms with Gasteiger partial charge in [-0.2, -0.15) is 9.76 Å². The largest absolute Gasteiger partial charge is 0.492 e. The summed E-state index contributed by atoms with van der Waals surface area (Å²) in [6, 6.07) is 4.24. The molecule has 1 atom stereocenters. The van der Waals surface area contributed by atoms with Crippen LogP contribution in [0.5, 0.6) is 11.8 Å². The number of aryl methyl sites for hydroxylation is 1. The number of ether oxygens (including phenoxy) is 2.